The second-order valence-corrected chi connectivity index (χ2v) is 7.34. The first-order valence-electron chi connectivity index (χ1n) is 6.12. The summed E-state index contributed by atoms with van der Waals surface area (Å²) in [5.41, 5.74) is 1.40. The second kappa shape index (κ2) is 6.30. The van der Waals surface area contributed by atoms with Gasteiger partial charge in [0.1, 0.15) is 0 Å². The zero-order chi connectivity index (χ0) is 14.6. The van der Waals surface area contributed by atoms with Gasteiger partial charge in [-0.25, -0.2) is 13.7 Å². The van der Waals surface area contributed by atoms with Crippen molar-refractivity contribution in [3.63, 3.8) is 0 Å². The maximum atomic E-state index is 12.0. The molecule has 0 saturated heterocycles. The molecule has 0 spiro atoms. The molecule has 1 rings (SSSR count). The van der Waals surface area contributed by atoms with Crippen LogP contribution >= 0.6 is 0 Å². The third-order valence-electron chi connectivity index (χ3n) is 2.65. The minimum atomic E-state index is -1.15. The van der Waals surface area contributed by atoms with Crippen LogP contribution in [0.4, 0.5) is 0 Å². The first-order valence-corrected chi connectivity index (χ1v) is 7.27. The highest BCUT2D eigenvalue weighted by atomic mass is 32.2. The normalized spacial score (nSPS) is 14.8. The van der Waals surface area contributed by atoms with E-state index in [9.17, 15) is 9.00 Å². The first-order chi connectivity index (χ1) is 8.75. The van der Waals surface area contributed by atoms with Crippen molar-refractivity contribution in [1.82, 2.24) is 4.72 Å². The van der Waals surface area contributed by atoms with Crippen molar-refractivity contribution >= 4 is 17.0 Å². The molecule has 0 saturated carbocycles. The molecule has 1 aromatic carbocycles. The third kappa shape index (κ3) is 4.44. The van der Waals surface area contributed by atoms with E-state index in [0.29, 0.717) is 5.56 Å². The molecular formula is C14H21NO3S. The molecule has 0 amide bonds. The van der Waals surface area contributed by atoms with Crippen LogP contribution in [-0.4, -0.2) is 22.0 Å². The lowest BCUT2D eigenvalue weighted by Gasteiger charge is -2.22. The van der Waals surface area contributed by atoms with Crippen LogP contribution in [0.25, 0.3) is 0 Å². The van der Waals surface area contributed by atoms with Gasteiger partial charge in [0.05, 0.1) is 28.4 Å². The van der Waals surface area contributed by atoms with Gasteiger partial charge < -0.3 is 4.74 Å². The van der Waals surface area contributed by atoms with Crippen molar-refractivity contribution in [3.05, 3.63) is 35.4 Å². The van der Waals surface area contributed by atoms with Crippen LogP contribution in [0.2, 0.25) is 0 Å². The van der Waals surface area contributed by atoms with E-state index in [1.165, 1.54) is 7.11 Å². The highest BCUT2D eigenvalue weighted by Gasteiger charge is 2.22. The Bertz CT molecular complexity index is 480. The zero-order valence-electron chi connectivity index (χ0n) is 12.0. The van der Waals surface area contributed by atoms with Gasteiger partial charge in [-0.3, -0.25) is 0 Å². The highest BCUT2D eigenvalue weighted by Crippen LogP contribution is 2.18. The number of benzene rings is 1. The SMILES string of the molecule is COC(=O)c1cccc([C@@H](C)N[S@](=O)C(C)(C)C)c1. The maximum absolute atomic E-state index is 12.0. The Morgan fingerprint density at radius 3 is 2.53 bits per heavy atom. The molecule has 0 aliphatic heterocycles. The fraction of sp³-hybridized carbons (Fsp3) is 0.500. The lowest BCUT2D eigenvalue weighted by Crippen LogP contribution is -2.34. The molecule has 0 unspecified atom stereocenters. The number of carbonyl (C=O) groups excluding carboxylic acids is 1. The molecule has 0 aliphatic carbocycles. The molecule has 0 aliphatic rings. The van der Waals surface area contributed by atoms with E-state index in [1.54, 1.807) is 18.2 Å². The molecule has 5 heteroatoms. The molecule has 4 nitrogen and oxygen atoms in total. The van der Waals surface area contributed by atoms with Gasteiger partial charge in [0, 0.05) is 6.04 Å². The van der Waals surface area contributed by atoms with E-state index in [1.807, 2.05) is 33.8 Å². The molecule has 106 valence electrons. The standard InChI is InChI=1S/C14H21NO3S/c1-10(15-19(17)14(2,3)4)11-7-6-8-12(9-11)13(16)18-5/h6-10,15H,1-5H3/t10-,19-/m1/s1. The fourth-order valence-electron chi connectivity index (χ4n) is 1.46. The van der Waals surface area contributed by atoms with Crippen LogP contribution in [0.1, 0.15) is 49.7 Å². The molecule has 0 heterocycles. The quantitative estimate of drug-likeness (QED) is 0.864. The Hall–Kier alpha value is -1.20. The van der Waals surface area contributed by atoms with Crippen LogP contribution < -0.4 is 4.72 Å². The van der Waals surface area contributed by atoms with E-state index in [-0.39, 0.29) is 16.8 Å². The molecular weight excluding hydrogens is 262 g/mol. The smallest absolute Gasteiger partial charge is 0.337 e. The van der Waals surface area contributed by atoms with Gasteiger partial charge in [-0.15, -0.1) is 0 Å². The average Bonchev–Trinajstić information content (AvgIpc) is 2.36. The molecule has 0 aromatic heterocycles. The topological polar surface area (TPSA) is 55.4 Å². The second-order valence-electron chi connectivity index (χ2n) is 5.34. The summed E-state index contributed by atoms with van der Waals surface area (Å²) < 4.78 is 19.4. The number of carbonyl (C=O) groups is 1. The van der Waals surface area contributed by atoms with E-state index < -0.39 is 11.0 Å². The number of hydrogen-bond acceptors (Lipinski definition) is 3. The van der Waals surface area contributed by atoms with Crippen molar-refractivity contribution in [2.75, 3.05) is 7.11 Å². The van der Waals surface area contributed by atoms with Crippen molar-refractivity contribution in [2.45, 2.75) is 38.5 Å². The van der Waals surface area contributed by atoms with E-state index in [0.717, 1.165) is 5.56 Å². The van der Waals surface area contributed by atoms with Gasteiger partial charge in [-0.2, -0.15) is 0 Å². The Morgan fingerprint density at radius 1 is 1.37 bits per heavy atom. The zero-order valence-corrected chi connectivity index (χ0v) is 12.8. The number of nitrogens with one attached hydrogen (secondary N) is 1. The predicted molar refractivity (Wildman–Crippen MR) is 77.2 cm³/mol. The highest BCUT2D eigenvalue weighted by molar-refractivity contribution is 7.84. The molecule has 0 bridgehead atoms. The fourth-order valence-corrected chi connectivity index (χ4v) is 2.27. The number of esters is 1. The van der Waals surface area contributed by atoms with Crippen LogP contribution in [0.15, 0.2) is 24.3 Å². The van der Waals surface area contributed by atoms with E-state index in [4.69, 9.17) is 0 Å². The molecule has 1 N–H and O–H groups in total. The van der Waals surface area contributed by atoms with Gasteiger partial charge in [0.2, 0.25) is 0 Å². The Labute approximate surface area is 117 Å². The van der Waals surface area contributed by atoms with Crippen LogP contribution in [0.3, 0.4) is 0 Å². The van der Waals surface area contributed by atoms with E-state index >= 15 is 0 Å². The minimum Gasteiger partial charge on any atom is -0.465 e. The number of ether oxygens (including phenoxy) is 1. The van der Waals surface area contributed by atoms with Gasteiger partial charge in [0.25, 0.3) is 0 Å². The summed E-state index contributed by atoms with van der Waals surface area (Å²) in [5, 5.41) is 0. The number of rotatable bonds is 4. The number of hydrogen-bond donors (Lipinski definition) is 1. The van der Waals surface area contributed by atoms with Crippen molar-refractivity contribution in [2.24, 2.45) is 0 Å². The average molecular weight is 283 g/mol. The first kappa shape index (κ1) is 15.9. The van der Waals surface area contributed by atoms with E-state index in [2.05, 4.69) is 9.46 Å². The molecule has 19 heavy (non-hydrogen) atoms. The molecule has 0 radical (unpaired) electrons. The van der Waals surface area contributed by atoms with Crippen LogP contribution in [0.5, 0.6) is 0 Å². The summed E-state index contributed by atoms with van der Waals surface area (Å²) in [4.78, 5) is 11.5. The van der Waals surface area contributed by atoms with Crippen molar-refractivity contribution in [3.8, 4) is 0 Å². The summed E-state index contributed by atoms with van der Waals surface area (Å²) in [7, 11) is 0.199. The lowest BCUT2D eigenvalue weighted by molar-refractivity contribution is 0.0600. The monoisotopic (exact) mass is 283 g/mol. The summed E-state index contributed by atoms with van der Waals surface area (Å²) >= 11 is 0. The van der Waals surface area contributed by atoms with Gasteiger partial charge >= 0.3 is 5.97 Å². The third-order valence-corrected chi connectivity index (χ3v) is 4.33. The summed E-state index contributed by atoms with van der Waals surface area (Å²) in [6.45, 7) is 7.65. The van der Waals surface area contributed by atoms with Gasteiger partial charge in [0.15, 0.2) is 0 Å². The number of methoxy groups -OCH3 is 1. The molecule has 2 atom stereocenters. The minimum absolute atomic E-state index is 0.107. The summed E-state index contributed by atoms with van der Waals surface area (Å²) in [6, 6.07) is 7.03. The van der Waals surface area contributed by atoms with Crippen LogP contribution in [-0.2, 0) is 15.7 Å². The summed E-state index contributed by atoms with van der Waals surface area (Å²) in [6.07, 6.45) is 0. The predicted octanol–water partition coefficient (Wildman–Crippen LogP) is 2.59. The van der Waals surface area contributed by atoms with Gasteiger partial charge in [-0.05, 0) is 45.4 Å². The largest absolute Gasteiger partial charge is 0.465 e. The Morgan fingerprint density at radius 2 is 2.00 bits per heavy atom. The van der Waals surface area contributed by atoms with Gasteiger partial charge in [-0.1, -0.05) is 12.1 Å². The summed E-state index contributed by atoms with van der Waals surface area (Å²) in [5.74, 6) is -0.369. The van der Waals surface area contributed by atoms with Crippen molar-refractivity contribution in [1.29, 1.82) is 0 Å². The Balaban J connectivity index is 2.86. The van der Waals surface area contributed by atoms with Crippen LogP contribution in [0, 0.1) is 0 Å². The molecule has 0 fully saturated rings. The maximum Gasteiger partial charge on any atom is 0.337 e. The molecule has 1 aromatic rings. The van der Waals surface area contributed by atoms with Crippen molar-refractivity contribution < 1.29 is 13.7 Å². The Kier molecular flexibility index (Phi) is 5.26. The lowest BCUT2D eigenvalue weighted by atomic mass is 10.1.